The lowest BCUT2D eigenvalue weighted by atomic mass is 10.1. The van der Waals surface area contributed by atoms with E-state index in [1.54, 1.807) is 17.4 Å². The van der Waals surface area contributed by atoms with E-state index in [4.69, 9.17) is 0 Å². The topological polar surface area (TPSA) is 12.0 Å². The predicted molar refractivity (Wildman–Crippen MR) is 71.8 cm³/mol. The molecule has 2 rings (SSSR count). The number of aryl methyl sites for hydroxylation is 1. The van der Waals surface area contributed by atoms with Crippen LogP contribution < -0.4 is 5.32 Å². The fourth-order valence-electron chi connectivity index (χ4n) is 1.77. The van der Waals surface area contributed by atoms with Gasteiger partial charge in [0.2, 0.25) is 0 Å². The summed E-state index contributed by atoms with van der Waals surface area (Å²) in [5.41, 5.74) is 2.97. The van der Waals surface area contributed by atoms with Gasteiger partial charge in [-0.25, -0.2) is 4.39 Å². The van der Waals surface area contributed by atoms with Gasteiger partial charge in [-0.3, -0.25) is 0 Å². The number of halogens is 1. The highest BCUT2D eigenvalue weighted by atomic mass is 32.1. The maximum Gasteiger partial charge on any atom is 0.131 e. The maximum atomic E-state index is 13.8. The van der Waals surface area contributed by atoms with E-state index in [0.717, 1.165) is 29.1 Å². The molecule has 90 valence electrons. The van der Waals surface area contributed by atoms with E-state index in [1.807, 2.05) is 30.5 Å². The summed E-state index contributed by atoms with van der Waals surface area (Å²) >= 11 is 1.59. The molecule has 0 saturated carbocycles. The molecule has 0 unspecified atom stereocenters. The molecule has 0 saturated heterocycles. The summed E-state index contributed by atoms with van der Waals surface area (Å²) in [5, 5.41) is 5.25. The quantitative estimate of drug-likeness (QED) is 0.864. The van der Waals surface area contributed by atoms with Crippen molar-refractivity contribution in [3.8, 4) is 10.4 Å². The molecule has 1 nitrogen and oxygen atoms in total. The van der Waals surface area contributed by atoms with Crippen molar-refractivity contribution in [2.45, 2.75) is 20.4 Å². The van der Waals surface area contributed by atoms with Crippen LogP contribution >= 0.6 is 11.3 Å². The molecule has 0 spiro atoms. The monoisotopic (exact) mass is 249 g/mol. The molecular weight excluding hydrogens is 233 g/mol. The lowest BCUT2D eigenvalue weighted by Gasteiger charge is -2.07. The molecule has 0 fully saturated rings. The molecule has 1 aromatic heterocycles. The molecule has 0 bridgehead atoms. The highest BCUT2D eigenvalue weighted by molar-refractivity contribution is 7.13. The summed E-state index contributed by atoms with van der Waals surface area (Å²) in [7, 11) is 0. The third-order valence-corrected chi connectivity index (χ3v) is 3.77. The van der Waals surface area contributed by atoms with Crippen molar-refractivity contribution in [2.75, 3.05) is 6.54 Å². The minimum absolute atomic E-state index is 0.143. The third kappa shape index (κ3) is 2.73. The van der Waals surface area contributed by atoms with Crippen molar-refractivity contribution in [3.63, 3.8) is 0 Å². The van der Waals surface area contributed by atoms with Gasteiger partial charge in [-0.15, -0.1) is 11.3 Å². The van der Waals surface area contributed by atoms with Crippen molar-refractivity contribution in [2.24, 2.45) is 0 Å². The molecule has 0 aliphatic rings. The predicted octanol–water partition coefficient (Wildman–Crippen LogP) is 3.97. The Labute approximate surface area is 105 Å². The third-order valence-electron chi connectivity index (χ3n) is 2.72. The number of nitrogens with one attached hydrogen (secondary N) is 1. The standard InChI is InChI=1S/C14H16FNS/c1-3-16-9-11-4-5-13(15)12(8-11)14-10(2)6-7-17-14/h4-8,16H,3,9H2,1-2H3. The molecule has 0 atom stereocenters. The molecule has 1 N–H and O–H groups in total. The molecule has 0 aliphatic carbocycles. The molecule has 0 radical (unpaired) electrons. The van der Waals surface area contributed by atoms with Gasteiger partial charge in [0.25, 0.3) is 0 Å². The SMILES string of the molecule is CCNCc1ccc(F)c(-c2sccc2C)c1. The Morgan fingerprint density at radius 3 is 2.76 bits per heavy atom. The van der Waals surface area contributed by atoms with Crippen LogP contribution in [0.3, 0.4) is 0 Å². The van der Waals surface area contributed by atoms with E-state index in [9.17, 15) is 4.39 Å². The highest BCUT2D eigenvalue weighted by Crippen LogP contribution is 2.31. The van der Waals surface area contributed by atoms with E-state index >= 15 is 0 Å². The van der Waals surface area contributed by atoms with Crippen molar-refractivity contribution in [3.05, 3.63) is 46.6 Å². The summed E-state index contributed by atoms with van der Waals surface area (Å²) in [6.07, 6.45) is 0. The second kappa shape index (κ2) is 5.43. The van der Waals surface area contributed by atoms with Crippen LogP contribution in [0, 0.1) is 12.7 Å². The second-order valence-corrected chi connectivity index (χ2v) is 4.94. The second-order valence-electron chi connectivity index (χ2n) is 4.03. The molecule has 1 heterocycles. The molecule has 2 aromatic rings. The van der Waals surface area contributed by atoms with E-state index in [2.05, 4.69) is 12.2 Å². The largest absolute Gasteiger partial charge is 0.313 e. The van der Waals surface area contributed by atoms with Gasteiger partial charge >= 0.3 is 0 Å². The molecule has 3 heteroatoms. The van der Waals surface area contributed by atoms with E-state index < -0.39 is 0 Å². The number of hydrogen-bond acceptors (Lipinski definition) is 2. The zero-order chi connectivity index (χ0) is 12.3. The van der Waals surface area contributed by atoms with Crippen LogP contribution in [0.5, 0.6) is 0 Å². The molecule has 17 heavy (non-hydrogen) atoms. The Morgan fingerprint density at radius 2 is 2.12 bits per heavy atom. The Morgan fingerprint density at radius 1 is 1.29 bits per heavy atom. The first-order valence-corrected chi connectivity index (χ1v) is 6.64. The lowest BCUT2D eigenvalue weighted by Crippen LogP contribution is -2.11. The van der Waals surface area contributed by atoms with Crippen molar-refractivity contribution < 1.29 is 4.39 Å². The van der Waals surface area contributed by atoms with Crippen molar-refractivity contribution in [1.82, 2.24) is 5.32 Å². The van der Waals surface area contributed by atoms with Gasteiger partial charge in [0, 0.05) is 17.0 Å². The minimum Gasteiger partial charge on any atom is -0.313 e. The van der Waals surface area contributed by atoms with Gasteiger partial charge in [0.15, 0.2) is 0 Å². The van der Waals surface area contributed by atoms with Gasteiger partial charge in [-0.05, 0) is 48.2 Å². The zero-order valence-corrected chi connectivity index (χ0v) is 10.9. The van der Waals surface area contributed by atoms with Crippen LogP contribution in [0.2, 0.25) is 0 Å². The fraction of sp³-hybridized carbons (Fsp3) is 0.286. The van der Waals surface area contributed by atoms with Crippen LogP contribution in [0.4, 0.5) is 4.39 Å². The van der Waals surface area contributed by atoms with Gasteiger partial charge in [0.1, 0.15) is 5.82 Å². The van der Waals surface area contributed by atoms with Crippen molar-refractivity contribution in [1.29, 1.82) is 0 Å². The normalized spacial score (nSPS) is 10.8. The highest BCUT2D eigenvalue weighted by Gasteiger charge is 2.09. The van der Waals surface area contributed by atoms with Gasteiger partial charge < -0.3 is 5.32 Å². The Bertz CT molecular complexity index is 505. The summed E-state index contributed by atoms with van der Waals surface area (Å²) in [6.45, 7) is 5.79. The fourth-order valence-corrected chi connectivity index (χ4v) is 2.72. The smallest absolute Gasteiger partial charge is 0.131 e. The summed E-state index contributed by atoms with van der Waals surface area (Å²) in [6, 6.07) is 7.36. The lowest BCUT2D eigenvalue weighted by molar-refractivity contribution is 0.629. The Kier molecular flexibility index (Phi) is 3.92. The zero-order valence-electron chi connectivity index (χ0n) is 10.1. The molecule has 1 aromatic carbocycles. The van der Waals surface area contributed by atoms with Gasteiger partial charge in [0.05, 0.1) is 0 Å². The van der Waals surface area contributed by atoms with Crippen molar-refractivity contribution >= 4 is 11.3 Å². The minimum atomic E-state index is -0.143. The number of hydrogen-bond donors (Lipinski definition) is 1. The van der Waals surface area contributed by atoms with Gasteiger partial charge in [-0.1, -0.05) is 13.0 Å². The summed E-state index contributed by atoms with van der Waals surface area (Å²) in [4.78, 5) is 1.03. The van der Waals surface area contributed by atoms with E-state index in [0.29, 0.717) is 5.56 Å². The van der Waals surface area contributed by atoms with Crippen LogP contribution in [-0.4, -0.2) is 6.54 Å². The van der Waals surface area contributed by atoms with Crippen LogP contribution in [0.1, 0.15) is 18.1 Å². The average molecular weight is 249 g/mol. The average Bonchev–Trinajstić information content (AvgIpc) is 2.74. The molecular formula is C14H16FNS. The van der Waals surface area contributed by atoms with Crippen LogP contribution in [0.25, 0.3) is 10.4 Å². The summed E-state index contributed by atoms with van der Waals surface area (Å²) in [5.74, 6) is -0.143. The van der Waals surface area contributed by atoms with E-state index in [1.165, 1.54) is 0 Å². The van der Waals surface area contributed by atoms with Crippen LogP contribution in [-0.2, 0) is 6.54 Å². The summed E-state index contributed by atoms with van der Waals surface area (Å²) < 4.78 is 13.8. The molecule has 0 amide bonds. The van der Waals surface area contributed by atoms with Gasteiger partial charge in [-0.2, -0.15) is 0 Å². The molecule has 0 aliphatic heterocycles. The number of thiophene rings is 1. The Hall–Kier alpha value is -1.19. The first kappa shape index (κ1) is 12.3. The number of rotatable bonds is 4. The first-order chi connectivity index (χ1) is 8.22. The first-order valence-electron chi connectivity index (χ1n) is 5.76. The number of benzene rings is 1. The maximum absolute atomic E-state index is 13.8. The van der Waals surface area contributed by atoms with E-state index in [-0.39, 0.29) is 5.82 Å². The van der Waals surface area contributed by atoms with Crippen LogP contribution in [0.15, 0.2) is 29.6 Å². The Balaban J connectivity index is 2.36.